The van der Waals surface area contributed by atoms with Crippen LogP contribution in [-0.2, 0) is 14.8 Å². The average molecular weight is 380 g/mol. The lowest BCUT2D eigenvalue weighted by Gasteiger charge is -2.26. The lowest BCUT2D eigenvalue weighted by molar-refractivity contribution is -0.137. The Morgan fingerprint density at radius 2 is 2.05 bits per heavy atom. The van der Waals surface area contributed by atoms with E-state index in [1.54, 1.807) is 26.0 Å². The highest BCUT2D eigenvalue weighted by Gasteiger charge is 2.30. The Kier molecular flexibility index (Phi) is 6.18. The number of rotatable bonds is 7. The van der Waals surface area contributed by atoms with Crippen LogP contribution in [0.5, 0.6) is 5.75 Å². The quantitative estimate of drug-likeness (QED) is 0.785. The molecule has 0 saturated carbocycles. The number of ether oxygens (including phenoxy) is 1. The molecule has 0 amide bonds. The van der Waals surface area contributed by atoms with E-state index in [1.807, 2.05) is 0 Å². The van der Waals surface area contributed by atoms with E-state index in [0.717, 1.165) is 4.31 Å². The largest absolute Gasteiger partial charge is 0.495 e. The van der Waals surface area contributed by atoms with Crippen molar-refractivity contribution in [2.24, 2.45) is 0 Å². The van der Waals surface area contributed by atoms with Crippen LogP contribution in [0.1, 0.15) is 20.3 Å². The molecule has 0 aromatic heterocycles. The molecule has 1 rings (SSSR count). The van der Waals surface area contributed by atoms with E-state index in [4.69, 9.17) is 9.84 Å². The van der Waals surface area contributed by atoms with Gasteiger partial charge in [0.05, 0.1) is 13.5 Å². The molecule has 1 N–H and O–H groups in total. The van der Waals surface area contributed by atoms with Crippen molar-refractivity contribution in [2.75, 3.05) is 13.7 Å². The summed E-state index contributed by atoms with van der Waals surface area (Å²) in [5.41, 5.74) is 0. The van der Waals surface area contributed by atoms with Crippen LogP contribution in [0.15, 0.2) is 27.6 Å². The van der Waals surface area contributed by atoms with Gasteiger partial charge < -0.3 is 9.84 Å². The fourth-order valence-electron chi connectivity index (χ4n) is 1.84. The second-order valence-corrected chi connectivity index (χ2v) is 7.42. The smallest absolute Gasteiger partial charge is 0.304 e. The van der Waals surface area contributed by atoms with Crippen LogP contribution >= 0.6 is 15.9 Å². The maximum Gasteiger partial charge on any atom is 0.304 e. The van der Waals surface area contributed by atoms with Crippen LogP contribution in [0.25, 0.3) is 0 Å². The number of hydrogen-bond donors (Lipinski definition) is 1. The van der Waals surface area contributed by atoms with Crippen molar-refractivity contribution in [2.45, 2.75) is 31.2 Å². The zero-order valence-electron chi connectivity index (χ0n) is 12.0. The van der Waals surface area contributed by atoms with E-state index < -0.39 is 16.0 Å². The van der Waals surface area contributed by atoms with E-state index >= 15 is 0 Å². The van der Waals surface area contributed by atoms with Crippen molar-refractivity contribution < 1.29 is 23.1 Å². The van der Waals surface area contributed by atoms with E-state index in [-0.39, 0.29) is 29.7 Å². The fourth-order valence-corrected chi connectivity index (χ4v) is 4.17. The van der Waals surface area contributed by atoms with Crippen LogP contribution < -0.4 is 4.74 Å². The zero-order chi connectivity index (χ0) is 16.2. The first-order chi connectivity index (χ1) is 9.70. The van der Waals surface area contributed by atoms with Gasteiger partial charge in [-0.05, 0) is 32.0 Å². The van der Waals surface area contributed by atoms with Crippen LogP contribution in [0.2, 0.25) is 0 Å². The van der Waals surface area contributed by atoms with Crippen molar-refractivity contribution in [3.63, 3.8) is 0 Å². The van der Waals surface area contributed by atoms with Crippen molar-refractivity contribution in [1.29, 1.82) is 0 Å². The molecule has 0 aliphatic heterocycles. The number of methoxy groups -OCH3 is 1. The van der Waals surface area contributed by atoms with Gasteiger partial charge in [-0.1, -0.05) is 15.9 Å². The molecular formula is C13H18BrNO5S. The van der Waals surface area contributed by atoms with Crippen LogP contribution in [0.4, 0.5) is 0 Å². The number of carbonyl (C=O) groups is 1. The minimum Gasteiger partial charge on any atom is -0.495 e. The predicted octanol–water partition coefficient (Wildman–Crippen LogP) is 2.33. The monoisotopic (exact) mass is 379 g/mol. The van der Waals surface area contributed by atoms with E-state index in [9.17, 15) is 13.2 Å². The summed E-state index contributed by atoms with van der Waals surface area (Å²) in [6, 6.07) is 4.31. The molecule has 0 spiro atoms. The minimum atomic E-state index is -3.85. The number of hydrogen-bond acceptors (Lipinski definition) is 4. The van der Waals surface area contributed by atoms with Gasteiger partial charge in [0.15, 0.2) is 0 Å². The van der Waals surface area contributed by atoms with Gasteiger partial charge >= 0.3 is 5.97 Å². The topological polar surface area (TPSA) is 83.9 Å². The third-order valence-corrected chi connectivity index (χ3v) is 5.42. The molecule has 0 atom stereocenters. The molecule has 0 aliphatic carbocycles. The summed E-state index contributed by atoms with van der Waals surface area (Å²) in [7, 11) is -2.46. The van der Waals surface area contributed by atoms with Crippen LogP contribution in [-0.4, -0.2) is 43.5 Å². The van der Waals surface area contributed by atoms with Gasteiger partial charge in [-0.2, -0.15) is 4.31 Å². The molecule has 0 bridgehead atoms. The second kappa shape index (κ2) is 7.24. The summed E-state index contributed by atoms with van der Waals surface area (Å²) in [5, 5.41) is 8.77. The minimum absolute atomic E-state index is 0.0125. The molecular weight excluding hydrogens is 362 g/mol. The Morgan fingerprint density at radius 3 is 2.52 bits per heavy atom. The Morgan fingerprint density at radius 1 is 1.43 bits per heavy atom. The van der Waals surface area contributed by atoms with Gasteiger partial charge in [0.1, 0.15) is 10.6 Å². The van der Waals surface area contributed by atoms with Crippen molar-refractivity contribution in [3.8, 4) is 5.75 Å². The molecule has 0 heterocycles. The number of carboxylic acid groups (broad SMARTS) is 1. The molecule has 1 aromatic carbocycles. The third-order valence-electron chi connectivity index (χ3n) is 2.83. The average Bonchev–Trinajstić information content (AvgIpc) is 2.37. The SMILES string of the molecule is COc1ccc(Br)cc1S(=O)(=O)N(CCC(=O)O)C(C)C. The Labute approximate surface area is 132 Å². The number of sulfonamides is 1. The summed E-state index contributed by atoms with van der Waals surface area (Å²) >= 11 is 3.23. The maximum atomic E-state index is 12.8. The van der Waals surface area contributed by atoms with Gasteiger partial charge in [0.25, 0.3) is 0 Å². The standard InChI is InChI=1S/C13H18BrNO5S/c1-9(2)15(7-6-13(16)17)21(18,19)12-8-10(14)4-5-11(12)20-3/h4-5,8-9H,6-7H2,1-3H3,(H,16,17). The molecule has 8 heteroatoms. The van der Waals surface area contributed by atoms with Crippen molar-refractivity contribution in [3.05, 3.63) is 22.7 Å². The highest BCUT2D eigenvalue weighted by atomic mass is 79.9. The fraction of sp³-hybridized carbons (Fsp3) is 0.462. The highest BCUT2D eigenvalue weighted by molar-refractivity contribution is 9.10. The molecule has 118 valence electrons. The molecule has 0 aliphatic rings. The summed E-state index contributed by atoms with van der Waals surface area (Å²) in [6.45, 7) is 3.30. The Hall–Kier alpha value is -1.12. The first-order valence-corrected chi connectivity index (χ1v) is 8.50. The van der Waals surface area contributed by atoms with Gasteiger partial charge in [0, 0.05) is 17.1 Å². The highest BCUT2D eigenvalue weighted by Crippen LogP contribution is 2.30. The second-order valence-electron chi connectivity index (χ2n) is 4.65. The normalized spacial score (nSPS) is 11.9. The molecule has 0 radical (unpaired) electrons. The van der Waals surface area contributed by atoms with Gasteiger partial charge in [-0.3, -0.25) is 4.79 Å². The molecule has 1 aromatic rings. The lowest BCUT2D eigenvalue weighted by atomic mass is 10.3. The lowest BCUT2D eigenvalue weighted by Crippen LogP contribution is -2.38. The number of benzene rings is 1. The number of halogens is 1. The molecule has 0 fully saturated rings. The first kappa shape index (κ1) is 17.9. The van der Waals surface area contributed by atoms with E-state index in [1.165, 1.54) is 13.2 Å². The van der Waals surface area contributed by atoms with Crippen LogP contribution in [0.3, 0.4) is 0 Å². The molecule has 0 unspecified atom stereocenters. The van der Waals surface area contributed by atoms with Crippen molar-refractivity contribution in [1.82, 2.24) is 4.31 Å². The summed E-state index contributed by atoms with van der Waals surface area (Å²) in [4.78, 5) is 10.7. The summed E-state index contributed by atoms with van der Waals surface area (Å²) in [6.07, 6.45) is -0.256. The number of aliphatic carboxylic acids is 1. The van der Waals surface area contributed by atoms with E-state index in [2.05, 4.69) is 15.9 Å². The van der Waals surface area contributed by atoms with E-state index in [0.29, 0.717) is 4.47 Å². The van der Waals surface area contributed by atoms with Gasteiger partial charge in [-0.15, -0.1) is 0 Å². The Balaban J connectivity index is 3.28. The summed E-state index contributed by atoms with van der Waals surface area (Å²) in [5.74, 6) is -0.823. The molecule has 21 heavy (non-hydrogen) atoms. The van der Waals surface area contributed by atoms with Gasteiger partial charge in [-0.25, -0.2) is 8.42 Å². The maximum absolute atomic E-state index is 12.8. The van der Waals surface area contributed by atoms with Crippen LogP contribution in [0, 0.1) is 0 Å². The predicted molar refractivity (Wildman–Crippen MR) is 82.0 cm³/mol. The number of nitrogens with zero attached hydrogens (tertiary/aromatic N) is 1. The van der Waals surface area contributed by atoms with Gasteiger partial charge in [0.2, 0.25) is 10.0 Å². The Bertz CT molecular complexity index is 615. The number of carboxylic acids is 1. The molecule has 0 saturated heterocycles. The first-order valence-electron chi connectivity index (χ1n) is 6.27. The van der Waals surface area contributed by atoms with Crippen molar-refractivity contribution >= 4 is 31.9 Å². The molecule has 6 nitrogen and oxygen atoms in total. The summed E-state index contributed by atoms with van der Waals surface area (Å²) < 4.78 is 32.4. The zero-order valence-corrected chi connectivity index (χ0v) is 14.4. The third kappa shape index (κ3) is 4.42.